The number of rotatable bonds is 3. The molecular weight excluding hydrogens is 242 g/mol. The summed E-state index contributed by atoms with van der Waals surface area (Å²) in [5.74, 6) is 0.505. The highest BCUT2D eigenvalue weighted by Gasteiger charge is 2.13. The van der Waals surface area contributed by atoms with Crippen LogP contribution >= 0.6 is 0 Å². The Balaban J connectivity index is 1.86. The van der Waals surface area contributed by atoms with Gasteiger partial charge in [-0.3, -0.25) is 4.98 Å². The monoisotopic (exact) mass is 255 g/mol. The number of aliphatic hydroxyl groups is 1. The lowest BCUT2D eigenvalue weighted by atomic mass is 10.1. The van der Waals surface area contributed by atoms with Gasteiger partial charge in [0.15, 0.2) is 5.82 Å². The summed E-state index contributed by atoms with van der Waals surface area (Å²) in [6.07, 6.45) is -0.423. The van der Waals surface area contributed by atoms with Crippen LogP contribution in [0.3, 0.4) is 0 Å². The number of aliphatic hydroxyl groups excluding tert-OH is 1. The van der Waals surface area contributed by atoms with Gasteiger partial charge in [-0.05, 0) is 17.3 Å². The van der Waals surface area contributed by atoms with E-state index in [-0.39, 0.29) is 0 Å². The first kappa shape index (κ1) is 11.7. The molecule has 0 spiro atoms. The molecule has 3 aromatic rings. The first-order chi connectivity index (χ1) is 9.22. The average molecular weight is 255 g/mol. The van der Waals surface area contributed by atoms with Crippen molar-refractivity contribution in [3.8, 4) is 0 Å². The van der Waals surface area contributed by atoms with Gasteiger partial charge in [0.05, 0.1) is 18.3 Å². The van der Waals surface area contributed by atoms with Crippen molar-refractivity contribution in [3.63, 3.8) is 0 Å². The quantitative estimate of drug-likeness (QED) is 0.756. The minimum absolute atomic E-state index is 0.305. The van der Waals surface area contributed by atoms with Crippen LogP contribution in [0.4, 0.5) is 0 Å². The molecule has 1 aromatic carbocycles. The van der Waals surface area contributed by atoms with E-state index in [9.17, 15) is 5.11 Å². The van der Waals surface area contributed by atoms with Crippen LogP contribution in [0.1, 0.15) is 17.6 Å². The first-order valence-corrected chi connectivity index (χ1v) is 5.99. The molecule has 0 aliphatic carbocycles. The Morgan fingerprint density at radius 3 is 2.84 bits per heavy atom. The minimum Gasteiger partial charge on any atom is -0.386 e. The third kappa shape index (κ3) is 2.43. The number of hydrogen-bond donors (Lipinski definition) is 1. The van der Waals surface area contributed by atoms with Crippen LogP contribution in [-0.2, 0) is 13.5 Å². The molecule has 2 aromatic heterocycles. The fourth-order valence-electron chi connectivity index (χ4n) is 1.95. The maximum absolute atomic E-state index is 10.2. The number of pyridine rings is 1. The van der Waals surface area contributed by atoms with Gasteiger partial charge in [-0.2, -0.15) is 4.80 Å². The van der Waals surface area contributed by atoms with Gasteiger partial charge >= 0.3 is 0 Å². The SMILES string of the molecule is Cn1nnc(CC(O)c2ccc3ccccc3n2)n1. The van der Waals surface area contributed by atoms with Crippen LogP contribution < -0.4 is 0 Å². The molecular formula is C13H13N5O. The zero-order chi connectivity index (χ0) is 13.2. The largest absolute Gasteiger partial charge is 0.386 e. The van der Waals surface area contributed by atoms with Crippen molar-refractivity contribution in [2.24, 2.45) is 7.05 Å². The molecule has 0 aliphatic rings. The van der Waals surface area contributed by atoms with Crippen molar-refractivity contribution in [3.05, 3.63) is 47.9 Å². The molecule has 1 atom stereocenters. The Hall–Kier alpha value is -2.34. The van der Waals surface area contributed by atoms with Gasteiger partial charge in [0, 0.05) is 11.8 Å². The maximum atomic E-state index is 10.2. The van der Waals surface area contributed by atoms with E-state index in [4.69, 9.17) is 0 Å². The Morgan fingerprint density at radius 1 is 1.21 bits per heavy atom. The Kier molecular flexibility index (Phi) is 2.92. The summed E-state index contributed by atoms with van der Waals surface area (Å²) >= 11 is 0. The van der Waals surface area contributed by atoms with Gasteiger partial charge in [0.2, 0.25) is 0 Å². The summed E-state index contributed by atoms with van der Waals surface area (Å²) in [6.45, 7) is 0. The summed E-state index contributed by atoms with van der Waals surface area (Å²) in [7, 11) is 1.69. The second-order valence-electron chi connectivity index (χ2n) is 4.34. The predicted octanol–water partition coefficient (Wildman–Crippen LogP) is 1.03. The Bertz CT molecular complexity index is 709. The number of tetrazole rings is 1. The number of hydrogen-bond acceptors (Lipinski definition) is 5. The maximum Gasteiger partial charge on any atom is 0.177 e. The van der Waals surface area contributed by atoms with Crippen LogP contribution in [0, 0.1) is 0 Å². The van der Waals surface area contributed by atoms with E-state index in [0.717, 1.165) is 10.9 Å². The summed E-state index contributed by atoms with van der Waals surface area (Å²) in [6, 6.07) is 11.6. The molecule has 0 radical (unpaired) electrons. The Labute approximate surface area is 109 Å². The molecule has 19 heavy (non-hydrogen) atoms. The Morgan fingerprint density at radius 2 is 2.05 bits per heavy atom. The molecule has 0 fully saturated rings. The second kappa shape index (κ2) is 4.74. The van der Waals surface area contributed by atoms with Gasteiger partial charge in [-0.1, -0.05) is 24.3 Å². The number of nitrogens with zero attached hydrogens (tertiary/aromatic N) is 5. The smallest absolute Gasteiger partial charge is 0.177 e. The molecule has 6 nitrogen and oxygen atoms in total. The standard InChI is InChI=1S/C13H13N5O/c1-18-16-13(15-17-18)8-12(19)11-7-6-9-4-2-3-5-10(9)14-11/h2-7,12,19H,8H2,1H3. The summed E-state index contributed by atoms with van der Waals surface area (Å²) in [5, 5.41) is 22.9. The van der Waals surface area contributed by atoms with Crippen LogP contribution in [0.5, 0.6) is 0 Å². The van der Waals surface area contributed by atoms with Gasteiger partial charge in [0.25, 0.3) is 0 Å². The van der Waals surface area contributed by atoms with E-state index in [1.54, 1.807) is 7.05 Å². The van der Waals surface area contributed by atoms with Crippen LogP contribution in [-0.4, -0.2) is 30.3 Å². The summed E-state index contributed by atoms with van der Waals surface area (Å²) in [4.78, 5) is 5.82. The second-order valence-corrected chi connectivity index (χ2v) is 4.34. The highest BCUT2D eigenvalue weighted by Crippen LogP contribution is 2.18. The van der Waals surface area contributed by atoms with Gasteiger partial charge in [0.1, 0.15) is 6.10 Å². The van der Waals surface area contributed by atoms with E-state index in [0.29, 0.717) is 17.9 Å². The molecule has 6 heteroatoms. The molecule has 3 rings (SSSR count). The van der Waals surface area contributed by atoms with E-state index >= 15 is 0 Å². The molecule has 1 N–H and O–H groups in total. The number of aromatic nitrogens is 5. The van der Waals surface area contributed by atoms with E-state index < -0.39 is 6.10 Å². The van der Waals surface area contributed by atoms with Gasteiger partial charge in [-0.15, -0.1) is 10.2 Å². The zero-order valence-electron chi connectivity index (χ0n) is 10.4. The van der Waals surface area contributed by atoms with E-state index in [1.807, 2.05) is 36.4 Å². The van der Waals surface area contributed by atoms with Crippen molar-refractivity contribution >= 4 is 10.9 Å². The topological polar surface area (TPSA) is 76.7 Å². The average Bonchev–Trinajstić information content (AvgIpc) is 2.83. The van der Waals surface area contributed by atoms with Crippen molar-refractivity contribution in [1.29, 1.82) is 0 Å². The highest BCUT2D eigenvalue weighted by molar-refractivity contribution is 5.78. The fourth-order valence-corrected chi connectivity index (χ4v) is 1.95. The van der Waals surface area contributed by atoms with Crippen LogP contribution in [0.25, 0.3) is 10.9 Å². The number of benzene rings is 1. The lowest BCUT2D eigenvalue weighted by Gasteiger charge is -2.08. The fraction of sp³-hybridized carbons (Fsp3) is 0.231. The summed E-state index contributed by atoms with van der Waals surface area (Å²) < 4.78 is 0. The molecule has 96 valence electrons. The van der Waals surface area contributed by atoms with Crippen molar-refractivity contribution in [1.82, 2.24) is 25.2 Å². The zero-order valence-corrected chi connectivity index (χ0v) is 10.4. The molecule has 1 unspecified atom stereocenters. The number of aryl methyl sites for hydroxylation is 1. The van der Waals surface area contributed by atoms with Crippen LogP contribution in [0.2, 0.25) is 0 Å². The van der Waals surface area contributed by atoms with Crippen molar-refractivity contribution < 1.29 is 5.11 Å². The normalized spacial score (nSPS) is 12.7. The van der Waals surface area contributed by atoms with Crippen molar-refractivity contribution in [2.75, 3.05) is 0 Å². The number of para-hydroxylation sites is 1. The van der Waals surface area contributed by atoms with Crippen LogP contribution in [0.15, 0.2) is 36.4 Å². The lowest BCUT2D eigenvalue weighted by molar-refractivity contribution is 0.171. The molecule has 0 amide bonds. The summed E-state index contributed by atoms with van der Waals surface area (Å²) in [5.41, 5.74) is 1.48. The van der Waals surface area contributed by atoms with E-state index in [1.165, 1.54) is 4.80 Å². The molecule has 0 bridgehead atoms. The number of fused-ring (bicyclic) bond motifs is 1. The predicted molar refractivity (Wildman–Crippen MR) is 69.2 cm³/mol. The van der Waals surface area contributed by atoms with Crippen molar-refractivity contribution in [2.45, 2.75) is 12.5 Å². The first-order valence-electron chi connectivity index (χ1n) is 5.99. The minimum atomic E-state index is -0.728. The van der Waals surface area contributed by atoms with E-state index in [2.05, 4.69) is 20.4 Å². The molecule has 0 saturated heterocycles. The van der Waals surface area contributed by atoms with Gasteiger partial charge < -0.3 is 5.11 Å². The highest BCUT2D eigenvalue weighted by atomic mass is 16.3. The third-order valence-corrected chi connectivity index (χ3v) is 2.89. The molecule has 0 saturated carbocycles. The molecule has 0 aliphatic heterocycles. The lowest BCUT2D eigenvalue weighted by Crippen LogP contribution is -2.06. The van der Waals surface area contributed by atoms with Gasteiger partial charge in [-0.25, -0.2) is 0 Å². The third-order valence-electron chi connectivity index (χ3n) is 2.89. The molecule has 2 heterocycles.